The molecule has 2 aromatic rings. The Labute approximate surface area is 124 Å². The number of H-pyrrole nitrogens is 1. The molecular weight excluding hydrogens is 264 g/mol. The van der Waals surface area contributed by atoms with Gasteiger partial charge in [-0.2, -0.15) is 0 Å². The van der Waals surface area contributed by atoms with Crippen LogP contribution in [0.25, 0.3) is 10.9 Å². The van der Waals surface area contributed by atoms with Crippen molar-refractivity contribution in [2.24, 2.45) is 5.41 Å². The van der Waals surface area contributed by atoms with Crippen LogP contribution in [-0.4, -0.2) is 23.1 Å². The fourth-order valence-electron chi connectivity index (χ4n) is 3.36. The summed E-state index contributed by atoms with van der Waals surface area (Å²) in [5.74, 6) is 0. The van der Waals surface area contributed by atoms with Crippen LogP contribution in [0, 0.1) is 5.41 Å². The first-order chi connectivity index (χ1) is 10.1. The Kier molecular flexibility index (Phi) is 3.35. The molecule has 1 aromatic carbocycles. The zero-order chi connectivity index (χ0) is 15.0. The number of nitrogens with one attached hydrogen (secondary N) is 1. The van der Waals surface area contributed by atoms with Crippen LogP contribution < -0.4 is 16.2 Å². The quantitative estimate of drug-likeness (QED) is 0.850. The van der Waals surface area contributed by atoms with Gasteiger partial charge in [-0.25, -0.2) is 4.98 Å². The Balaban J connectivity index is 2.02. The van der Waals surface area contributed by atoms with Gasteiger partial charge in [0, 0.05) is 13.1 Å². The number of fused-ring (bicyclic) bond motifs is 1. The van der Waals surface area contributed by atoms with Crippen LogP contribution in [0.5, 0.6) is 0 Å². The molecule has 1 aromatic heterocycles. The number of rotatable bonds is 3. The predicted molar refractivity (Wildman–Crippen MR) is 86.6 cm³/mol. The molecule has 1 fully saturated rings. The zero-order valence-corrected chi connectivity index (χ0v) is 12.6. The van der Waals surface area contributed by atoms with E-state index in [9.17, 15) is 4.79 Å². The minimum Gasteiger partial charge on any atom is -0.397 e. The summed E-state index contributed by atoms with van der Waals surface area (Å²) >= 11 is 0. The van der Waals surface area contributed by atoms with Crippen molar-refractivity contribution in [1.29, 1.82) is 0 Å². The molecule has 112 valence electrons. The number of hydrogen-bond donors (Lipinski definition) is 2. The fourth-order valence-corrected chi connectivity index (χ4v) is 3.36. The highest BCUT2D eigenvalue weighted by molar-refractivity contribution is 5.88. The van der Waals surface area contributed by atoms with E-state index in [4.69, 9.17) is 5.73 Å². The maximum absolute atomic E-state index is 11.8. The standard InChI is InChI=1S/C16H22N4O/c1-3-16(4-2)5-6-20(9-16)14-8-13-11(7-12(14)17)15(21)19-10-18-13/h7-8,10H,3-6,9,17H2,1-2H3,(H,18,19,21). The highest BCUT2D eigenvalue weighted by Gasteiger charge is 2.35. The van der Waals surface area contributed by atoms with Gasteiger partial charge in [-0.3, -0.25) is 4.79 Å². The highest BCUT2D eigenvalue weighted by Crippen LogP contribution is 2.40. The van der Waals surface area contributed by atoms with Gasteiger partial charge in [-0.1, -0.05) is 13.8 Å². The number of hydrogen-bond acceptors (Lipinski definition) is 4. The first kappa shape index (κ1) is 13.9. The van der Waals surface area contributed by atoms with Crippen molar-refractivity contribution in [2.75, 3.05) is 23.7 Å². The predicted octanol–water partition coefficient (Wildman–Crippen LogP) is 2.52. The average Bonchev–Trinajstić information content (AvgIpc) is 2.93. The molecule has 0 radical (unpaired) electrons. The van der Waals surface area contributed by atoms with E-state index in [-0.39, 0.29) is 5.56 Å². The van der Waals surface area contributed by atoms with Crippen LogP contribution in [0.1, 0.15) is 33.1 Å². The Bertz CT molecular complexity index is 718. The van der Waals surface area contributed by atoms with Gasteiger partial charge in [0.1, 0.15) is 0 Å². The normalized spacial score (nSPS) is 17.5. The van der Waals surface area contributed by atoms with Gasteiger partial charge in [0.05, 0.1) is 28.6 Å². The van der Waals surface area contributed by atoms with Crippen molar-refractivity contribution < 1.29 is 0 Å². The topological polar surface area (TPSA) is 75.0 Å². The van der Waals surface area contributed by atoms with E-state index < -0.39 is 0 Å². The Hall–Kier alpha value is -2.04. The molecule has 0 atom stereocenters. The third-order valence-electron chi connectivity index (χ3n) is 5.07. The molecule has 5 nitrogen and oxygen atoms in total. The number of nitrogens with zero attached hydrogens (tertiary/aromatic N) is 2. The minimum atomic E-state index is -0.142. The first-order valence-electron chi connectivity index (χ1n) is 7.60. The lowest BCUT2D eigenvalue weighted by molar-refractivity contribution is 0.301. The number of benzene rings is 1. The van der Waals surface area contributed by atoms with Gasteiger partial charge in [0.15, 0.2) is 0 Å². The van der Waals surface area contributed by atoms with Gasteiger partial charge >= 0.3 is 0 Å². The Morgan fingerprint density at radius 3 is 2.81 bits per heavy atom. The van der Waals surface area contributed by atoms with Gasteiger partial charge in [-0.05, 0) is 36.8 Å². The third-order valence-corrected chi connectivity index (χ3v) is 5.07. The van der Waals surface area contributed by atoms with Crippen molar-refractivity contribution in [1.82, 2.24) is 9.97 Å². The summed E-state index contributed by atoms with van der Waals surface area (Å²) < 4.78 is 0. The van der Waals surface area contributed by atoms with Crippen LogP contribution in [0.4, 0.5) is 11.4 Å². The van der Waals surface area contributed by atoms with Crippen molar-refractivity contribution in [2.45, 2.75) is 33.1 Å². The lowest BCUT2D eigenvalue weighted by Crippen LogP contribution is -2.26. The summed E-state index contributed by atoms with van der Waals surface area (Å²) in [5.41, 5.74) is 8.80. The molecule has 0 bridgehead atoms. The molecule has 5 heteroatoms. The molecule has 0 unspecified atom stereocenters. The van der Waals surface area contributed by atoms with Crippen LogP contribution in [-0.2, 0) is 0 Å². The van der Waals surface area contributed by atoms with E-state index in [1.807, 2.05) is 6.07 Å². The largest absolute Gasteiger partial charge is 0.397 e. The van der Waals surface area contributed by atoms with E-state index >= 15 is 0 Å². The lowest BCUT2D eigenvalue weighted by atomic mass is 9.82. The number of nitrogens with two attached hydrogens (primary N) is 1. The average molecular weight is 286 g/mol. The molecule has 21 heavy (non-hydrogen) atoms. The molecule has 2 heterocycles. The fraction of sp³-hybridized carbons (Fsp3) is 0.500. The number of anilines is 2. The van der Waals surface area contributed by atoms with Crippen LogP contribution in [0.2, 0.25) is 0 Å². The second-order valence-electron chi connectivity index (χ2n) is 6.04. The van der Waals surface area contributed by atoms with Crippen LogP contribution in [0.3, 0.4) is 0 Å². The second kappa shape index (κ2) is 5.06. The van der Waals surface area contributed by atoms with Crippen LogP contribution in [0.15, 0.2) is 23.3 Å². The SMILES string of the molecule is CCC1(CC)CCN(c2cc3nc[nH]c(=O)c3cc2N)C1. The molecule has 1 aliphatic heterocycles. The molecule has 0 aliphatic carbocycles. The summed E-state index contributed by atoms with van der Waals surface area (Å²) in [6.07, 6.45) is 5.01. The lowest BCUT2D eigenvalue weighted by Gasteiger charge is -2.27. The molecular formula is C16H22N4O. The van der Waals surface area contributed by atoms with Crippen LogP contribution >= 0.6 is 0 Å². The Morgan fingerprint density at radius 1 is 1.38 bits per heavy atom. The maximum atomic E-state index is 11.8. The second-order valence-corrected chi connectivity index (χ2v) is 6.04. The zero-order valence-electron chi connectivity index (χ0n) is 12.6. The van der Waals surface area contributed by atoms with E-state index in [1.165, 1.54) is 25.6 Å². The monoisotopic (exact) mass is 286 g/mol. The smallest absolute Gasteiger partial charge is 0.258 e. The number of aromatic nitrogens is 2. The van der Waals surface area contributed by atoms with Crippen molar-refractivity contribution in [3.63, 3.8) is 0 Å². The van der Waals surface area contributed by atoms with E-state index in [0.717, 1.165) is 18.8 Å². The highest BCUT2D eigenvalue weighted by atomic mass is 16.1. The van der Waals surface area contributed by atoms with E-state index in [0.29, 0.717) is 22.0 Å². The van der Waals surface area contributed by atoms with Crippen molar-refractivity contribution >= 4 is 22.3 Å². The maximum Gasteiger partial charge on any atom is 0.258 e. The van der Waals surface area contributed by atoms with Gasteiger partial charge in [0.25, 0.3) is 5.56 Å². The molecule has 0 spiro atoms. The molecule has 3 rings (SSSR count). The molecule has 3 N–H and O–H groups in total. The molecule has 0 saturated carbocycles. The summed E-state index contributed by atoms with van der Waals surface area (Å²) in [7, 11) is 0. The van der Waals surface area contributed by atoms with Gasteiger partial charge in [0.2, 0.25) is 0 Å². The van der Waals surface area contributed by atoms with Gasteiger partial charge < -0.3 is 15.6 Å². The summed E-state index contributed by atoms with van der Waals surface area (Å²) in [6.45, 7) is 6.56. The Morgan fingerprint density at radius 2 is 2.14 bits per heavy atom. The number of nitrogen functional groups attached to an aromatic ring is 1. The minimum absolute atomic E-state index is 0.142. The molecule has 0 amide bonds. The molecule has 1 saturated heterocycles. The van der Waals surface area contributed by atoms with Crippen molar-refractivity contribution in [3.8, 4) is 0 Å². The van der Waals surface area contributed by atoms with Gasteiger partial charge in [-0.15, -0.1) is 0 Å². The number of aromatic amines is 1. The first-order valence-corrected chi connectivity index (χ1v) is 7.60. The summed E-state index contributed by atoms with van der Waals surface area (Å²) in [4.78, 5) is 21.0. The van der Waals surface area contributed by atoms with E-state index in [2.05, 4.69) is 28.7 Å². The summed E-state index contributed by atoms with van der Waals surface area (Å²) in [6, 6.07) is 3.69. The third kappa shape index (κ3) is 2.26. The van der Waals surface area contributed by atoms with Crippen molar-refractivity contribution in [3.05, 3.63) is 28.8 Å². The van der Waals surface area contributed by atoms with E-state index in [1.54, 1.807) is 6.07 Å². The summed E-state index contributed by atoms with van der Waals surface area (Å²) in [5, 5.41) is 0.551. The molecule has 1 aliphatic rings.